The second-order valence-corrected chi connectivity index (χ2v) is 8.60. The Labute approximate surface area is 164 Å². The van der Waals surface area contributed by atoms with Crippen LogP contribution < -0.4 is 14.9 Å². The molecule has 0 radical (unpaired) electrons. The summed E-state index contributed by atoms with van der Waals surface area (Å²) in [6, 6.07) is 9.78. The molecule has 0 aliphatic carbocycles. The Bertz CT molecular complexity index is 976. The molecule has 0 saturated heterocycles. The van der Waals surface area contributed by atoms with E-state index in [0.29, 0.717) is 30.2 Å². The molecule has 0 bridgehead atoms. The van der Waals surface area contributed by atoms with E-state index in [1.54, 1.807) is 35.2 Å². The Balaban J connectivity index is 1.83. The fraction of sp³-hybridized carbons (Fsp3) is 0.316. The average molecular weight is 408 g/mol. The number of benzene rings is 2. The van der Waals surface area contributed by atoms with E-state index in [-0.39, 0.29) is 10.9 Å². The fourth-order valence-corrected chi connectivity index (χ4v) is 4.46. The molecule has 1 aliphatic heterocycles. The number of amides is 2. The van der Waals surface area contributed by atoms with Gasteiger partial charge in [0.25, 0.3) is 10.0 Å². The van der Waals surface area contributed by atoms with Gasteiger partial charge >= 0.3 is 6.03 Å². The lowest BCUT2D eigenvalue weighted by Gasteiger charge is -2.18. The molecule has 0 aromatic heterocycles. The van der Waals surface area contributed by atoms with Gasteiger partial charge < -0.3 is 5.32 Å². The van der Waals surface area contributed by atoms with Gasteiger partial charge in [0.1, 0.15) is 0 Å². The number of nitrogens with zero attached hydrogens (tertiary/aromatic N) is 1. The second-order valence-electron chi connectivity index (χ2n) is 6.51. The molecule has 0 unspecified atom stereocenters. The molecule has 0 atom stereocenters. The largest absolute Gasteiger partial charge is 0.338 e. The maximum Gasteiger partial charge on any atom is 0.321 e. The molecule has 1 aliphatic rings. The van der Waals surface area contributed by atoms with Gasteiger partial charge in [-0.05, 0) is 61.2 Å². The third-order valence-electron chi connectivity index (χ3n) is 4.40. The highest BCUT2D eigenvalue weighted by Crippen LogP contribution is 2.31. The van der Waals surface area contributed by atoms with Gasteiger partial charge in [-0.15, -0.1) is 0 Å². The Morgan fingerprint density at radius 2 is 2.00 bits per heavy atom. The Kier molecular flexibility index (Phi) is 5.62. The van der Waals surface area contributed by atoms with Crippen molar-refractivity contribution in [1.82, 2.24) is 5.32 Å². The number of urea groups is 1. The SMILES string of the molecule is CCCNC(=O)N1CCc2cc(S(=O)(=O)Nc3ccc(C)cc3Cl)ccc21. The molecule has 144 valence electrons. The zero-order valence-electron chi connectivity index (χ0n) is 15.3. The van der Waals surface area contributed by atoms with E-state index in [4.69, 9.17) is 11.6 Å². The maximum atomic E-state index is 12.7. The van der Waals surface area contributed by atoms with Gasteiger partial charge in [-0.1, -0.05) is 24.6 Å². The molecule has 3 rings (SSSR count). The van der Waals surface area contributed by atoms with Crippen molar-refractivity contribution in [1.29, 1.82) is 0 Å². The van der Waals surface area contributed by atoms with Crippen LogP contribution in [0.4, 0.5) is 16.2 Å². The van der Waals surface area contributed by atoms with Gasteiger partial charge in [-0.2, -0.15) is 0 Å². The van der Waals surface area contributed by atoms with E-state index in [1.807, 2.05) is 13.8 Å². The Morgan fingerprint density at radius 1 is 1.22 bits per heavy atom. The van der Waals surface area contributed by atoms with Gasteiger partial charge in [0.2, 0.25) is 0 Å². The van der Waals surface area contributed by atoms with Crippen LogP contribution in [0, 0.1) is 6.92 Å². The van der Waals surface area contributed by atoms with Crippen molar-refractivity contribution in [2.75, 3.05) is 22.7 Å². The third-order valence-corrected chi connectivity index (χ3v) is 6.07. The lowest BCUT2D eigenvalue weighted by molar-refractivity contribution is 0.247. The van der Waals surface area contributed by atoms with Crippen LogP contribution in [0.3, 0.4) is 0 Å². The zero-order chi connectivity index (χ0) is 19.6. The minimum absolute atomic E-state index is 0.147. The summed E-state index contributed by atoms with van der Waals surface area (Å²) in [6.45, 7) is 5.01. The normalized spacial score (nSPS) is 13.4. The number of sulfonamides is 1. The minimum atomic E-state index is -3.78. The first kappa shape index (κ1) is 19.5. The van der Waals surface area contributed by atoms with Crippen LogP contribution in [-0.2, 0) is 16.4 Å². The first-order chi connectivity index (χ1) is 12.8. The minimum Gasteiger partial charge on any atom is -0.338 e. The van der Waals surface area contributed by atoms with Crippen LogP contribution in [0.2, 0.25) is 5.02 Å². The van der Waals surface area contributed by atoms with Crippen molar-refractivity contribution >= 4 is 39.0 Å². The summed E-state index contributed by atoms with van der Waals surface area (Å²) >= 11 is 6.13. The number of aryl methyl sites for hydroxylation is 1. The van der Waals surface area contributed by atoms with E-state index in [9.17, 15) is 13.2 Å². The molecule has 0 fully saturated rings. The van der Waals surface area contributed by atoms with Crippen molar-refractivity contribution in [3.05, 3.63) is 52.5 Å². The number of halogens is 1. The van der Waals surface area contributed by atoms with Gasteiger partial charge in [0.15, 0.2) is 0 Å². The number of fused-ring (bicyclic) bond motifs is 1. The number of carbonyl (C=O) groups excluding carboxylic acids is 1. The highest BCUT2D eigenvalue weighted by Gasteiger charge is 2.26. The van der Waals surface area contributed by atoms with Crippen LogP contribution in [-0.4, -0.2) is 27.5 Å². The van der Waals surface area contributed by atoms with Crippen molar-refractivity contribution in [2.24, 2.45) is 0 Å². The molecule has 2 aromatic carbocycles. The monoisotopic (exact) mass is 407 g/mol. The first-order valence-corrected chi connectivity index (χ1v) is 10.6. The molecular weight excluding hydrogens is 386 g/mol. The summed E-state index contributed by atoms with van der Waals surface area (Å²) in [6.07, 6.45) is 1.47. The quantitative estimate of drug-likeness (QED) is 0.788. The smallest absolute Gasteiger partial charge is 0.321 e. The average Bonchev–Trinajstić information content (AvgIpc) is 3.05. The predicted octanol–water partition coefficient (Wildman–Crippen LogP) is 3.93. The van der Waals surface area contributed by atoms with Crippen LogP contribution in [0.15, 0.2) is 41.3 Å². The van der Waals surface area contributed by atoms with E-state index in [1.165, 1.54) is 6.07 Å². The summed E-state index contributed by atoms with van der Waals surface area (Å²) in [4.78, 5) is 14.0. The van der Waals surface area contributed by atoms with E-state index < -0.39 is 10.0 Å². The summed E-state index contributed by atoms with van der Waals surface area (Å²) in [5.41, 5.74) is 2.86. The molecule has 2 aromatic rings. The Hall–Kier alpha value is -2.25. The number of nitrogens with one attached hydrogen (secondary N) is 2. The molecule has 2 N–H and O–H groups in total. The van der Waals surface area contributed by atoms with Gasteiger partial charge in [-0.3, -0.25) is 9.62 Å². The van der Waals surface area contributed by atoms with Crippen molar-refractivity contribution in [3.63, 3.8) is 0 Å². The summed E-state index contributed by atoms with van der Waals surface area (Å²) in [7, 11) is -3.78. The molecular formula is C19H22ClN3O3S. The molecule has 6 nitrogen and oxygen atoms in total. The fourth-order valence-electron chi connectivity index (χ4n) is 2.99. The van der Waals surface area contributed by atoms with Gasteiger partial charge in [0.05, 0.1) is 15.6 Å². The maximum absolute atomic E-state index is 12.7. The molecule has 0 spiro atoms. The van der Waals surface area contributed by atoms with Crippen molar-refractivity contribution in [3.8, 4) is 0 Å². The van der Waals surface area contributed by atoms with Crippen LogP contribution in [0.1, 0.15) is 24.5 Å². The molecule has 8 heteroatoms. The standard InChI is InChI=1S/C19H22ClN3O3S/c1-3-9-21-19(24)23-10-8-14-12-15(5-7-18(14)23)27(25,26)22-17-6-4-13(2)11-16(17)20/h4-7,11-12,22H,3,8-10H2,1-2H3,(H,21,24). The molecule has 27 heavy (non-hydrogen) atoms. The highest BCUT2D eigenvalue weighted by atomic mass is 35.5. The predicted molar refractivity (Wildman–Crippen MR) is 108 cm³/mol. The van der Waals surface area contributed by atoms with E-state index in [0.717, 1.165) is 23.2 Å². The zero-order valence-corrected chi connectivity index (χ0v) is 16.8. The third kappa shape index (κ3) is 4.20. The van der Waals surface area contributed by atoms with Crippen LogP contribution >= 0.6 is 11.6 Å². The number of anilines is 2. The van der Waals surface area contributed by atoms with E-state index >= 15 is 0 Å². The first-order valence-electron chi connectivity index (χ1n) is 8.79. The van der Waals surface area contributed by atoms with Gasteiger partial charge in [0, 0.05) is 18.8 Å². The second kappa shape index (κ2) is 7.78. The number of rotatable bonds is 5. The van der Waals surface area contributed by atoms with Crippen LogP contribution in [0.25, 0.3) is 0 Å². The molecule has 1 heterocycles. The lowest BCUT2D eigenvalue weighted by Crippen LogP contribution is -2.39. The summed E-state index contributed by atoms with van der Waals surface area (Å²) in [5, 5.41) is 3.19. The van der Waals surface area contributed by atoms with E-state index in [2.05, 4.69) is 10.0 Å². The van der Waals surface area contributed by atoms with Crippen molar-refractivity contribution < 1.29 is 13.2 Å². The lowest BCUT2D eigenvalue weighted by atomic mass is 10.2. The van der Waals surface area contributed by atoms with Crippen LogP contribution in [0.5, 0.6) is 0 Å². The molecule has 2 amide bonds. The Morgan fingerprint density at radius 3 is 2.70 bits per heavy atom. The number of hydrogen-bond donors (Lipinski definition) is 2. The topological polar surface area (TPSA) is 78.5 Å². The highest BCUT2D eigenvalue weighted by molar-refractivity contribution is 7.92. The van der Waals surface area contributed by atoms with Gasteiger partial charge in [-0.25, -0.2) is 13.2 Å². The summed E-state index contributed by atoms with van der Waals surface area (Å²) in [5.74, 6) is 0. The summed E-state index contributed by atoms with van der Waals surface area (Å²) < 4.78 is 28.0. The number of carbonyl (C=O) groups is 1. The molecule has 0 saturated carbocycles. The van der Waals surface area contributed by atoms with Crippen molar-refractivity contribution in [2.45, 2.75) is 31.6 Å². The number of hydrogen-bond acceptors (Lipinski definition) is 3.